The summed E-state index contributed by atoms with van der Waals surface area (Å²) >= 11 is 0. The van der Waals surface area contributed by atoms with Crippen LogP contribution >= 0.6 is 0 Å². The first-order chi connectivity index (χ1) is 10.7. The Balaban J connectivity index is 1.58. The van der Waals surface area contributed by atoms with Crippen LogP contribution in [0.5, 0.6) is 11.5 Å². The summed E-state index contributed by atoms with van der Waals surface area (Å²) in [7, 11) is 1.63. The van der Waals surface area contributed by atoms with Crippen LogP contribution in [0.2, 0.25) is 0 Å². The summed E-state index contributed by atoms with van der Waals surface area (Å²) in [4.78, 5) is 14.6. The smallest absolute Gasteiger partial charge is 0.263 e. The molecular weight excluding hydrogens is 280 g/mol. The van der Waals surface area contributed by atoms with E-state index < -0.39 is 6.10 Å². The van der Waals surface area contributed by atoms with E-state index >= 15 is 0 Å². The van der Waals surface area contributed by atoms with Gasteiger partial charge in [-0.15, -0.1) is 0 Å². The van der Waals surface area contributed by atoms with Crippen LogP contribution in [-0.2, 0) is 4.79 Å². The highest BCUT2D eigenvalue weighted by molar-refractivity contribution is 5.81. The second kappa shape index (κ2) is 6.57. The molecule has 120 valence electrons. The van der Waals surface area contributed by atoms with Crippen LogP contribution in [0.4, 0.5) is 0 Å². The Morgan fingerprint density at radius 3 is 2.59 bits per heavy atom. The predicted molar refractivity (Wildman–Crippen MR) is 84.2 cm³/mol. The van der Waals surface area contributed by atoms with Crippen LogP contribution in [0.15, 0.2) is 24.3 Å². The number of hydrogen-bond acceptors (Lipinski definition) is 4. The number of fused-ring (bicyclic) bond motifs is 2. The van der Waals surface area contributed by atoms with Crippen LogP contribution in [0.25, 0.3) is 0 Å². The van der Waals surface area contributed by atoms with Crippen molar-refractivity contribution in [3.63, 3.8) is 0 Å². The average molecular weight is 304 g/mol. The van der Waals surface area contributed by atoms with Gasteiger partial charge in [0.25, 0.3) is 5.91 Å². The highest BCUT2D eigenvalue weighted by Crippen LogP contribution is 2.22. The lowest BCUT2D eigenvalue weighted by atomic mass is 10.1. The molecule has 3 atom stereocenters. The highest BCUT2D eigenvalue weighted by Gasteiger charge is 2.32. The van der Waals surface area contributed by atoms with Crippen molar-refractivity contribution >= 4 is 5.91 Å². The number of ether oxygens (including phenoxy) is 2. The number of benzene rings is 1. The van der Waals surface area contributed by atoms with Gasteiger partial charge in [-0.2, -0.15) is 0 Å². The first-order valence-electron chi connectivity index (χ1n) is 8.01. The van der Waals surface area contributed by atoms with Gasteiger partial charge in [-0.3, -0.25) is 4.79 Å². The number of nitrogens with one attached hydrogen (secondary N) is 1. The second-order valence-electron chi connectivity index (χ2n) is 6.15. The molecule has 3 unspecified atom stereocenters. The van der Waals surface area contributed by atoms with Crippen molar-refractivity contribution < 1.29 is 14.3 Å². The number of hydrogen-bond donors (Lipinski definition) is 1. The van der Waals surface area contributed by atoms with Gasteiger partial charge >= 0.3 is 0 Å². The van der Waals surface area contributed by atoms with Crippen LogP contribution < -0.4 is 14.8 Å². The largest absolute Gasteiger partial charge is 0.497 e. The molecule has 2 aliphatic rings. The molecule has 2 aliphatic heterocycles. The number of carbonyl (C=O) groups is 1. The van der Waals surface area contributed by atoms with Crippen molar-refractivity contribution in [1.82, 2.24) is 10.2 Å². The first kappa shape index (κ1) is 15.2. The molecule has 3 rings (SSSR count). The summed E-state index contributed by atoms with van der Waals surface area (Å²) in [5.41, 5.74) is 0. The van der Waals surface area contributed by atoms with Crippen molar-refractivity contribution in [2.24, 2.45) is 0 Å². The Morgan fingerprint density at radius 1 is 1.18 bits per heavy atom. The number of nitrogens with zero attached hydrogens (tertiary/aromatic N) is 1. The molecule has 1 N–H and O–H groups in total. The van der Waals surface area contributed by atoms with Gasteiger partial charge in [-0.1, -0.05) is 0 Å². The predicted octanol–water partition coefficient (Wildman–Crippen LogP) is 1.82. The molecule has 1 aromatic carbocycles. The van der Waals surface area contributed by atoms with Crippen molar-refractivity contribution in [1.29, 1.82) is 0 Å². The Hall–Kier alpha value is -1.75. The summed E-state index contributed by atoms with van der Waals surface area (Å²) in [6, 6.07) is 8.36. The number of likely N-dealkylation sites (tertiary alicyclic amines) is 1. The number of methoxy groups -OCH3 is 1. The summed E-state index contributed by atoms with van der Waals surface area (Å²) < 4.78 is 10.9. The van der Waals surface area contributed by atoms with E-state index in [0.717, 1.165) is 25.3 Å². The van der Waals surface area contributed by atoms with Gasteiger partial charge in [-0.05, 0) is 50.5 Å². The molecule has 5 heteroatoms. The molecule has 5 nitrogen and oxygen atoms in total. The Bertz CT molecular complexity index is 517. The van der Waals surface area contributed by atoms with Crippen LogP contribution in [0.3, 0.4) is 0 Å². The zero-order valence-electron chi connectivity index (χ0n) is 13.2. The molecule has 1 aromatic rings. The molecule has 0 spiro atoms. The Morgan fingerprint density at radius 2 is 1.86 bits per heavy atom. The topological polar surface area (TPSA) is 50.8 Å². The molecular formula is C17H24N2O3. The van der Waals surface area contributed by atoms with E-state index in [4.69, 9.17) is 9.47 Å². The maximum atomic E-state index is 12.6. The Kier molecular flexibility index (Phi) is 4.52. The van der Waals surface area contributed by atoms with E-state index in [0.29, 0.717) is 17.8 Å². The standard InChI is InChI=1S/C17H24N2O3/c1-12(22-16-7-5-15(21-2)6-8-16)17(20)19-10-9-13-3-4-14(11-19)18-13/h5-8,12-14,18H,3-4,9-11H2,1-2H3. The molecule has 2 bridgehead atoms. The van der Waals surface area contributed by atoms with Crippen LogP contribution in [0, 0.1) is 0 Å². The highest BCUT2D eigenvalue weighted by atomic mass is 16.5. The molecule has 2 saturated heterocycles. The number of rotatable bonds is 4. The van der Waals surface area contributed by atoms with Gasteiger partial charge in [0, 0.05) is 25.2 Å². The van der Waals surface area contributed by atoms with E-state index in [-0.39, 0.29) is 5.91 Å². The van der Waals surface area contributed by atoms with Gasteiger partial charge in [0.15, 0.2) is 6.10 Å². The summed E-state index contributed by atoms with van der Waals surface area (Å²) in [5.74, 6) is 1.54. The van der Waals surface area contributed by atoms with Gasteiger partial charge in [0.2, 0.25) is 0 Å². The van der Waals surface area contributed by atoms with Crippen molar-refractivity contribution in [2.45, 2.75) is 44.4 Å². The van der Waals surface area contributed by atoms with Crippen molar-refractivity contribution in [2.75, 3.05) is 20.2 Å². The normalized spacial score (nSPS) is 25.5. The molecule has 2 fully saturated rings. The summed E-state index contributed by atoms with van der Waals surface area (Å²) in [6.07, 6.45) is 2.98. The molecule has 0 aliphatic carbocycles. The quantitative estimate of drug-likeness (QED) is 0.922. The zero-order chi connectivity index (χ0) is 15.5. The minimum Gasteiger partial charge on any atom is -0.497 e. The monoisotopic (exact) mass is 304 g/mol. The minimum absolute atomic E-state index is 0.0742. The summed E-state index contributed by atoms with van der Waals surface area (Å²) in [5, 5.41) is 3.59. The third-order valence-electron chi connectivity index (χ3n) is 4.55. The fourth-order valence-electron chi connectivity index (χ4n) is 3.31. The van der Waals surface area contributed by atoms with E-state index in [1.807, 2.05) is 36.1 Å². The maximum Gasteiger partial charge on any atom is 0.263 e. The molecule has 0 saturated carbocycles. The van der Waals surface area contributed by atoms with Gasteiger partial charge in [0.05, 0.1) is 7.11 Å². The van der Waals surface area contributed by atoms with E-state index in [1.165, 1.54) is 12.8 Å². The molecule has 0 aromatic heterocycles. The Labute approximate surface area is 131 Å². The zero-order valence-corrected chi connectivity index (χ0v) is 13.2. The lowest BCUT2D eigenvalue weighted by molar-refractivity contribution is -0.138. The van der Waals surface area contributed by atoms with Gasteiger partial charge in [-0.25, -0.2) is 0 Å². The third-order valence-corrected chi connectivity index (χ3v) is 4.55. The second-order valence-corrected chi connectivity index (χ2v) is 6.15. The first-order valence-corrected chi connectivity index (χ1v) is 8.01. The van der Waals surface area contributed by atoms with Crippen molar-refractivity contribution in [3.8, 4) is 11.5 Å². The SMILES string of the molecule is COc1ccc(OC(C)C(=O)N2CCC3CCC(C2)N3)cc1. The van der Waals surface area contributed by atoms with Crippen molar-refractivity contribution in [3.05, 3.63) is 24.3 Å². The minimum atomic E-state index is -0.468. The summed E-state index contributed by atoms with van der Waals surface area (Å²) in [6.45, 7) is 3.44. The molecule has 2 heterocycles. The van der Waals surface area contributed by atoms with E-state index in [2.05, 4.69) is 5.32 Å². The molecule has 0 radical (unpaired) electrons. The molecule has 22 heavy (non-hydrogen) atoms. The van der Waals surface area contributed by atoms with Crippen LogP contribution in [-0.4, -0.2) is 49.2 Å². The van der Waals surface area contributed by atoms with E-state index in [1.54, 1.807) is 7.11 Å². The maximum absolute atomic E-state index is 12.6. The van der Waals surface area contributed by atoms with Crippen LogP contribution in [0.1, 0.15) is 26.2 Å². The van der Waals surface area contributed by atoms with Gasteiger partial charge < -0.3 is 19.7 Å². The van der Waals surface area contributed by atoms with Gasteiger partial charge in [0.1, 0.15) is 11.5 Å². The molecule has 1 amide bonds. The fraction of sp³-hybridized carbons (Fsp3) is 0.588. The lowest BCUT2D eigenvalue weighted by Gasteiger charge is -2.27. The lowest BCUT2D eigenvalue weighted by Crippen LogP contribution is -2.44. The van der Waals surface area contributed by atoms with E-state index in [9.17, 15) is 4.79 Å². The average Bonchev–Trinajstić information content (AvgIpc) is 2.86. The number of carbonyl (C=O) groups excluding carboxylic acids is 1. The third kappa shape index (κ3) is 3.35. The fourth-order valence-corrected chi connectivity index (χ4v) is 3.31. The number of amides is 1.